The van der Waals surface area contributed by atoms with Crippen LogP contribution in [0.2, 0.25) is 0 Å². The monoisotopic (exact) mass is 686 g/mol. The fourth-order valence-corrected chi connectivity index (χ4v) is 8.71. The van der Waals surface area contributed by atoms with Gasteiger partial charge in [0.05, 0.1) is 25.7 Å². The number of esters is 2. The predicted molar refractivity (Wildman–Crippen MR) is 205 cm³/mol. The van der Waals surface area contributed by atoms with Crippen LogP contribution in [0.5, 0.6) is 0 Å². The predicted octanol–water partition coefficient (Wildman–Crippen LogP) is 10.6. The Bertz CT molecular complexity index is 1380. The molecule has 2 aromatic rings. The minimum absolute atomic E-state index is 0.153. The molecule has 0 aliphatic heterocycles. The van der Waals surface area contributed by atoms with Gasteiger partial charge in [0.25, 0.3) is 0 Å². The molecule has 0 spiro atoms. The zero-order valence-electron chi connectivity index (χ0n) is 31.9. The average Bonchev–Trinajstić information content (AvgIpc) is 3.15. The Morgan fingerprint density at radius 3 is 2.16 bits per heavy atom. The highest BCUT2D eigenvalue weighted by Crippen LogP contribution is 2.46. The third kappa shape index (κ3) is 11.0. The molecule has 2 aliphatic carbocycles. The maximum Gasteiger partial charge on any atom is 0.333 e. The number of unbranched alkanes of at least 4 members (excludes halogenated alkanes) is 2. The molecule has 5 heteroatoms. The van der Waals surface area contributed by atoms with Crippen LogP contribution in [0.15, 0.2) is 48.6 Å². The van der Waals surface area contributed by atoms with Crippen LogP contribution in [0.25, 0.3) is 11.1 Å². The number of hydrogen-bond acceptors (Lipinski definition) is 5. The number of ether oxygens (including phenoxy) is 2. The van der Waals surface area contributed by atoms with Gasteiger partial charge in [0, 0.05) is 5.57 Å². The van der Waals surface area contributed by atoms with E-state index in [1.807, 2.05) is 0 Å². The maximum absolute atomic E-state index is 12.2. The van der Waals surface area contributed by atoms with Gasteiger partial charge in [-0.2, -0.15) is 0 Å². The lowest BCUT2D eigenvalue weighted by atomic mass is 9.66. The summed E-state index contributed by atoms with van der Waals surface area (Å²) in [4.78, 5) is 24.3. The summed E-state index contributed by atoms with van der Waals surface area (Å²) < 4.78 is 11.1. The summed E-state index contributed by atoms with van der Waals surface area (Å²) in [5, 5.41) is 9.27. The van der Waals surface area contributed by atoms with Crippen LogP contribution in [0.3, 0.4) is 0 Å². The van der Waals surface area contributed by atoms with Gasteiger partial charge in [-0.15, -0.1) is 0 Å². The SMILES string of the molecule is C=C(C)C(=O)OCC(CCOC(=O)C(C)CO)C1CCC(C2CCC(c3ccc(-c4ccc(CCCCC)cc4CC)cc3CC)CC2)CC1. The average molecular weight is 687 g/mol. The minimum atomic E-state index is -0.523. The van der Waals surface area contributed by atoms with E-state index in [0.717, 1.165) is 37.5 Å². The lowest BCUT2D eigenvalue weighted by Crippen LogP contribution is -2.31. The van der Waals surface area contributed by atoms with Crippen LogP contribution in [0.1, 0.15) is 140 Å². The first kappa shape index (κ1) is 39.9. The standard InChI is InChI=1S/C45H66O5/c1-7-10-11-12-33-13-23-43(34(8-2)27-33)40-22-24-42(35(9-3)28-40)39-20-18-37(19-21-39)36-14-16-38(17-15-36)41(30-50-44(47)31(4)5)25-26-49-45(48)32(6)29-46/h13,22-24,27-28,32,36-39,41,46H,4,7-12,14-21,25-26,29-30H2,1-3,5-6H3. The molecule has 0 aromatic heterocycles. The Kier molecular flexibility index (Phi) is 16.1. The highest BCUT2D eigenvalue weighted by molar-refractivity contribution is 5.86. The quantitative estimate of drug-likeness (QED) is 0.0960. The topological polar surface area (TPSA) is 72.8 Å². The molecule has 2 atom stereocenters. The van der Waals surface area contributed by atoms with Crippen LogP contribution >= 0.6 is 0 Å². The van der Waals surface area contributed by atoms with Gasteiger partial charge >= 0.3 is 11.9 Å². The van der Waals surface area contributed by atoms with E-state index in [-0.39, 0.29) is 31.1 Å². The maximum atomic E-state index is 12.2. The first-order valence-corrected chi connectivity index (χ1v) is 20.0. The van der Waals surface area contributed by atoms with E-state index in [0.29, 0.717) is 30.4 Å². The molecule has 2 aromatic carbocycles. The van der Waals surface area contributed by atoms with Gasteiger partial charge in [0.2, 0.25) is 0 Å². The number of carbonyl (C=O) groups excluding carboxylic acids is 2. The van der Waals surface area contributed by atoms with Crippen molar-refractivity contribution < 1.29 is 24.2 Å². The Hall–Kier alpha value is -2.92. The van der Waals surface area contributed by atoms with Crippen LogP contribution in [-0.4, -0.2) is 36.9 Å². The molecule has 50 heavy (non-hydrogen) atoms. The molecule has 2 fully saturated rings. The van der Waals surface area contributed by atoms with Crippen molar-refractivity contribution in [1.29, 1.82) is 0 Å². The number of aliphatic hydroxyl groups is 1. The highest BCUT2D eigenvalue weighted by atomic mass is 16.5. The number of benzene rings is 2. The summed E-state index contributed by atoms with van der Waals surface area (Å²) in [6.07, 6.45) is 17.7. The molecule has 0 heterocycles. The minimum Gasteiger partial charge on any atom is -0.465 e. The second-order valence-electron chi connectivity index (χ2n) is 15.5. The van der Waals surface area contributed by atoms with Gasteiger partial charge in [-0.1, -0.05) is 76.6 Å². The van der Waals surface area contributed by atoms with E-state index in [1.54, 1.807) is 19.4 Å². The zero-order valence-corrected chi connectivity index (χ0v) is 31.9. The molecule has 2 saturated carbocycles. The molecule has 2 aliphatic rings. The van der Waals surface area contributed by atoms with Crippen molar-refractivity contribution in [2.75, 3.05) is 19.8 Å². The van der Waals surface area contributed by atoms with Crippen LogP contribution < -0.4 is 0 Å². The molecule has 276 valence electrons. The van der Waals surface area contributed by atoms with Crippen LogP contribution in [-0.2, 0) is 38.3 Å². The zero-order chi connectivity index (χ0) is 36.0. The van der Waals surface area contributed by atoms with Crippen molar-refractivity contribution in [3.8, 4) is 11.1 Å². The first-order chi connectivity index (χ1) is 24.2. The Labute approximate surface area is 303 Å². The summed E-state index contributed by atoms with van der Waals surface area (Å²) in [6, 6.07) is 14.5. The second kappa shape index (κ2) is 20.2. The van der Waals surface area contributed by atoms with Crippen molar-refractivity contribution in [2.45, 2.75) is 137 Å². The van der Waals surface area contributed by atoms with E-state index in [1.165, 1.54) is 92.0 Å². The summed E-state index contributed by atoms with van der Waals surface area (Å²) in [6.45, 7) is 14.3. The van der Waals surface area contributed by atoms with E-state index in [2.05, 4.69) is 63.7 Å². The highest BCUT2D eigenvalue weighted by Gasteiger charge is 2.34. The van der Waals surface area contributed by atoms with Gasteiger partial charge in [-0.05, 0) is 160 Å². The third-order valence-electron chi connectivity index (χ3n) is 12.0. The van der Waals surface area contributed by atoms with E-state index < -0.39 is 5.92 Å². The molecule has 0 saturated heterocycles. The van der Waals surface area contributed by atoms with E-state index >= 15 is 0 Å². The number of rotatable bonds is 18. The number of aliphatic hydroxyl groups excluding tert-OH is 1. The molecule has 0 bridgehead atoms. The van der Waals surface area contributed by atoms with Gasteiger partial charge in [0.15, 0.2) is 0 Å². The van der Waals surface area contributed by atoms with Gasteiger partial charge in [-0.25, -0.2) is 4.79 Å². The Morgan fingerprint density at radius 1 is 0.860 bits per heavy atom. The lowest BCUT2D eigenvalue weighted by Gasteiger charge is -2.40. The second-order valence-corrected chi connectivity index (χ2v) is 15.5. The third-order valence-corrected chi connectivity index (χ3v) is 12.0. The summed E-state index contributed by atoms with van der Waals surface area (Å²) in [5.41, 5.74) is 9.23. The molecule has 0 amide bonds. The normalized spacial score (nSPS) is 22.0. The fraction of sp³-hybridized carbons (Fsp3) is 0.644. The summed E-state index contributed by atoms with van der Waals surface area (Å²) in [5.74, 6) is 1.56. The van der Waals surface area contributed by atoms with Gasteiger partial charge in [0.1, 0.15) is 0 Å². The van der Waals surface area contributed by atoms with E-state index in [4.69, 9.17) is 9.47 Å². The van der Waals surface area contributed by atoms with Crippen LogP contribution in [0, 0.1) is 29.6 Å². The molecule has 0 radical (unpaired) electrons. The number of carbonyl (C=O) groups is 2. The van der Waals surface area contributed by atoms with Gasteiger partial charge in [-0.3, -0.25) is 4.79 Å². The molecule has 5 nitrogen and oxygen atoms in total. The largest absolute Gasteiger partial charge is 0.465 e. The Balaban J connectivity index is 1.32. The van der Waals surface area contributed by atoms with Crippen molar-refractivity contribution in [1.82, 2.24) is 0 Å². The first-order valence-electron chi connectivity index (χ1n) is 20.0. The van der Waals surface area contributed by atoms with Crippen molar-refractivity contribution >= 4 is 11.9 Å². The van der Waals surface area contributed by atoms with Gasteiger partial charge < -0.3 is 14.6 Å². The molecular formula is C45H66O5. The molecular weight excluding hydrogens is 620 g/mol. The van der Waals surface area contributed by atoms with Crippen molar-refractivity contribution in [3.05, 3.63) is 70.8 Å². The Morgan fingerprint density at radius 2 is 1.54 bits per heavy atom. The van der Waals surface area contributed by atoms with Crippen molar-refractivity contribution in [3.63, 3.8) is 0 Å². The molecule has 1 N–H and O–H groups in total. The van der Waals surface area contributed by atoms with E-state index in [9.17, 15) is 14.7 Å². The number of hydrogen-bond donors (Lipinski definition) is 1. The molecule has 2 unspecified atom stereocenters. The smallest absolute Gasteiger partial charge is 0.333 e. The van der Waals surface area contributed by atoms with Crippen LogP contribution in [0.4, 0.5) is 0 Å². The van der Waals surface area contributed by atoms with Crippen molar-refractivity contribution in [2.24, 2.45) is 29.6 Å². The fourth-order valence-electron chi connectivity index (χ4n) is 8.71. The summed E-state index contributed by atoms with van der Waals surface area (Å²) in [7, 11) is 0. The summed E-state index contributed by atoms with van der Waals surface area (Å²) >= 11 is 0. The number of aryl methyl sites for hydroxylation is 3. The lowest BCUT2D eigenvalue weighted by molar-refractivity contribution is -0.151. The molecule has 4 rings (SSSR count).